The van der Waals surface area contributed by atoms with Crippen LogP contribution in [0.2, 0.25) is 0 Å². The highest BCUT2D eigenvalue weighted by Gasteiger charge is 2.64. The number of rotatable bonds is 12. The number of aliphatic hydroxyl groups excluding tert-OH is 1. The van der Waals surface area contributed by atoms with Crippen LogP contribution in [0.3, 0.4) is 0 Å². The monoisotopic (exact) mass is 547 g/mol. The Hall–Kier alpha value is -3.56. The Morgan fingerprint density at radius 2 is 1.61 bits per heavy atom. The van der Waals surface area contributed by atoms with Gasteiger partial charge in [0.15, 0.2) is 24.4 Å². The van der Waals surface area contributed by atoms with Crippen molar-refractivity contribution in [3.63, 3.8) is 0 Å². The molecule has 15 nitrogen and oxygen atoms in total. The summed E-state index contributed by atoms with van der Waals surface area (Å²) >= 11 is 0. The molecule has 1 aliphatic rings. The molecule has 0 spiro atoms. The minimum Gasteiger partial charge on any atom is -0.465 e. The van der Waals surface area contributed by atoms with E-state index in [0.29, 0.717) is 0 Å². The standard InChI is InChI=1S/C23H33NO14/c1-8-9-34-23(22(31)32-7)21(30)20(37-15(6)29)17(24-11(2)25)19(38-23)18(36-14(5)28)16(35-13(4)27)10-33-12(3)26/h8,16-21,30H,1,9-10H2,2-7H3,(H,24,25)/t16-,17+,18-,19-,20-,21+,23-/m1/s1. The lowest BCUT2D eigenvalue weighted by Gasteiger charge is -2.50. The average molecular weight is 548 g/mol. The molecule has 1 aliphatic heterocycles. The van der Waals surface area contributed by atoms with Gasteiger partial charge < -0.3 is 43.6 Å². The SMILES string of the molecule is C=CCO[C@@]1(C(=O)OC)O[C@@H]([C@H](OC(C)=O)[C@@H](COC(C)=O)OC(C)=O)[C@H](NC(C)=O)[C@@H](OC(C)=O)[C@@H]1O. The summed E-state index contributed by atoms with van der Waals surface area (Å²) in [5.41, 5.74) is 0. The molecule has 0 radical (unpaired) electrons. The minimum atomic E-state index is -2.72. The maximum Gasteiger partial charge on any atom is 0.369 e. The molecular formula is C23H33NO14. The zero-order valence-corrected chi connectivity index (χ0v) is 21.9. The first-order valence-corrected chi connectivity index (χ1v) is 11.3. The maximum atomic E-state index is 13.0. The van der Waals surface area contributed by atoms with Gasteiger partial charge in [0, 0.05) is 34.6 Å². The van der Waals surface area contributed by atoms with Gasteiger partial charge in [-0.1, -0.05) is 6.08 Å². The van der Waals surface area contributed by atoms with E-state index in [0.717, 1.165) is 41.7 Å². The number of aliphatic hydroxyl groups is 1. The van der Waals surface area contributed by atoms with Gasteiger partial charge in [-0.3, -0.25) is 24.0 Å². The number of amides is 1. The molecule has 1 fully saturated rings. The molecule has 1 heterocycles. The van der Waals surface area contributed by atoms with E-state index in [2.05, 4.69) is 11.9 Å². The van der Waals surface area contributed by atoms with Crippen molar-refractivity contribution in [3.8, 4) is 0 Å². The van der Waals surface area contributed by atoms with E-state index in [4.69, 9.17) is 33.2 Å². The molecule has 0 aromatic carbocycles. The quantitative estimate of drug-likeness (QED) is 0.166. The summed E-state index contributed by atoms with van der Waals surface area (Å²) in [5, 5.41) is 13.6. The van der Waals surface area contributed by atoms with Gasteiger partial charge in [0.05, 0.1) is 19.8 Å². The minimum absolute atomic E-state index is 0.393. The van der Waals surface area contributed by atoms with E-state index in [1.54, 1.807) is 0 Å². The predicted octanol–water partition coefficient (Wildman–Crippen LogP) is -1.32. The third kappa shape index (κ3) is 8.49. The fraction of sp³-hybridized carbons (Fsp3) is 0.652. The molecule has 38 heavy (non-hydrogen) atoms. The molecule has 1 amide bonds. The summed E-state index contributed by atoms with van der Waals surface area (Å²) in [6.45, 7) is 7.61. The second-order valence-electron chi connectivity index (χ2n) is 8.11. The lowest BCUT2D eigenvalue weighted by Crippen LogP contribution is -2.75. The highest BCUT2D eigenvalue weighted by atomic mass is 16.8. The van der Waals surface area contributed by atoms with Crippen molar-refractivity contribution >= 4 is 35.8 Å². The van der Waals surface area contributed by atoms with E-state index in [9.17, 15) is 33.9 Å². The van der Waals surface area contributed by atoms with Crippen LogP contribution in [0.5, 0.6) is 0 Å². The highest BCUT2D eigenvalue weighted by molar-refractivity contribution is 5.80. The molecule has 0 aliphatic carbocycles. The fourth-order valence-corrected chi connectivity index (χ4v) is 3.77. The number of carbonyl (C=O) groups is 6. The van der Waals surface area contributed by atoms with E-state index in [-0.39, 0.29) is 0 Å². The van der Waals surface area contributed by atoms with Gasteiger partial charge in [-0.05, 0) is 0 Å². The van der Waals surface area contributed by atoms with Crippen molar-refractivity contribution < 1.29 is 67.0 Å². The van der Waals surface area contributed by atoms with Crippen LogP contribution in [-0.2, 0) is 61.9 Å². The molecular weight excluding hydrogens is 514 g/mol. The zero-order valence-electron chi connectivity index (χ0n) is 21.9. The topological polar surface area (TPSA) is 199 Å². The first kappa shape index (κ1) is 32.5. The van der Waals surface area contributed by atoms with Gasteiger partial charge in [0.1, 0.15) is 12.7 Å². The van der Waals surface area contributed by atoms with E-state index < -0.39 is 91.3 Å². The Labute approximate surface area is 218 Å². The van der Waals surface area contributed by atoms with Crippen molar-refractivity contribution in [3.05, 3.63) is 12.7 Å². The molecule has 15 heteroatoms. The number of hydrogen-bond donors (Lipinski definition) is 2. The van der Waals surface area contributed by atoms with Gasteiger partial charge in [-0.15, -0.1) is 6.58 Å². The van der Waals surface area contributed by atoms with Gasteiger partial charge in [-0.2, -0.15) is 0 Å². The lowest BCUT2D eigenvalue weighted by atomic mass is 9.86. The molecule has 0 aromatic heterocycles. The average Bonchev–Trinajstić information content (AvgIpc) is 2.81. The van der Waals surface area contributed by atoms with E-state index in [1.165, 1.54) is 6.08 Å². The van der Waals surface area contributed by atoms with Crippen LogP contribution < -0.4 is 5.32 Å². The summed E-state index contributed by atoms with van der Waals surface area (Å²) in [6.07, 6.45) is -7.68. The van der Waals surface area contributed by atoms with Crippen molar-refractivity contribution in [2.75, 3.05) is 20.3 Å². The second-order valence-corrected chi connectivity index (χ2v) is 8.11. The van der Waals surface area contributed by atoms with Crippen molar-refractivity contribution in [1.82, 2.24) is 5.32 Å². The third-order valence-electron chi connectivity index (χ3n) is 5.04. The van der Waals surface area contributed by atoms with Gasteiger partial charge in [0.2, 0.25) is 5.91 Å². The normalized spacial score (nSPS) is 26.1. The van der Waals surface area contributed by atoms with Crippen LogP contribution in [0.1, 0.15) is 34.6 Å². The first-order valence-electron chi connectivity index (χ1n) is 11.3. The van der Waals surface area contributed by atoms with Crippen LogP contribution in [-0.4, -0.2) is 104 Å². The smallest absolute Gasteiger partial charge is 0.369 e. The Kier molecular flexibility index (Phi) is 12.3. The number of ether oxygens (including phenoxy) is 7. The molecule has 1 saturated heterocycles. The fourth-order valence-electron chi connectivity index (χ4n) is 3.77. The van der Waals surface area contributed by atoms with Crippen LogP contribution in [0.4, 0.5) is 0 Å². The van der Waals surface area contributed by atoms with Gasteiger partial charge in [-0.25, -0.2) is 4.79 Å². The van der Waals surface area contributed by atoms with Crippen molar-refractivity contribution in [1.29, 1.82) is 0 Å². The van der Waals surface area contributed by atoms with Crippen LogP contribution in [0.25, 0.3) is 0 Å². The van der Waals surface area contributed by atoms with Gasteiger partial charge in [0.25, 0.3) is 0 Å². The second kappa shape index (κ2) is 14.4. The lowest BCUT2D eigenvalue weighted by molar-refractivity contribution is -0.346. The first-order chi connectivity index (χ1) is 17.7. The largest absolute Gasteiger partial charge is 0.465 e. The summed E-state index contributed by atoms with van der Waals surface area (Å²) in [6, 6.07) is -1.53. The molecule has 0 unspecified atom stereocenters. The van der Waals surface area contributed by atoms with Crippen LogP contribution >= 0.6 is 0 Å². The van der Waals surface area contributed by atoms with E-state index in [1.807, 2.05) is 0 Å². The number of hydrogen-bond acceptors (Lipinski definition) is 14. The molecule has 0 bridgehead atoms. The zero-order chi connectivity index (χ0) is 29.2. The van der Waals surface area contributed by atoms with E-state index >= 15 is 0 Å². The molecule has 0 aromatic rings. The molecule has 7 atom stereocenters. The number of methoxy groups -OCH3 is 1. The summed E-state index contributed by atoms with van der Waals surface area (Å²) in [5.74, 6) is -8.26. The molecule has 0 saturated carbocycles. The maximum absolute atomic E-state index is 13.0. The molecule has 2 N–H and O–H groups in total. The predicted molar refractivity (Wildman–Crippen MR) is 123 cm³/mol. The Bertz CT molecular complexity index is 920. The Morgan fingerprint density at radius 3 is 2.05 bits per heavy atom. The highest BCUT2D eigenvalue weighted by Crippen LogP contribution is 2.37. The summed E-state index contributed by atoms with van der Waals surface area (Å²) < 4.78 is 36.9. The van der Waals surface area contributed by atoms with Crippen molar-refractivity contribution in [2.45, 2.75) is 77.0 Å². The Balaban J connectivity index is 3.90. The van der Waals surface area contributed by atoms with Crippen LogP contribution in [0.15, 0.2) is 12.7 Å². The van der Waals surface area contributed by atoms with Crippen LogP contribution in [0, 0.1) is 0 Å². The van der Waals surface area contributed by atoms with Crippen molar-refractivity contribution in [2.24, 2.45) is 0 Å². The summed E-state index contributed by atoms with van der Waals surface area (Å²) in [4.78, 5) is 72.6. The number of carbonyl (C=O) groups excluding carboxylic acids is 6. The summed E-state index contributed by atoms with van der Waals surface area (Å²) in [7, 11) is 0.957. The third-order valence-corrected chi connectivity index (χ3v) is 5.04. The molecule has 1 rings (SSSR count). The number of nitrogens with one attached hydrogen (secondary N) is 1. The molecule has 214 valence electrons. The number of esters is 5. The Morgan fingerprint density at radius 1 is 1.00 bits per heavy atom. The van der Waals surface area contributed by atoms with Gasteiger partial charge >= 0.3 is 35.6 Å².